The molecule has 0 bridgehead atoms. The van der Waals surface area contributed by atoms with E-state index in [4.69, 9.17) is 0 Å². The van der Waals surface area contributed by atoms with E-state index in [0.29, 0.717) is 19.3 Å². The minimum atomic E-state index is -4.88. The Balaban J connectivity index is 3.49. The van der Waals surface area contributed by atoms with Gasteiger partial charge >= 0.3 is 12.3 Å². The molecule has 1 N–H and O–H groups in total. The van der Waals surface area contributed by atoms with Crippen molar-refractivity contribution in [1.82, 2.24) is 0 Å². The number of aliphatic hydroxyl groups is 1. The van der Waals surface area contributed by atoms with Gasteiger partial charge in [0, 0.05) is 12.5 Å². The van der Waals surface area contributed by atoms with E-state index in [-0.39, 0.29) is 18.4 Å². The smallest absolute Gasteiger partial charge is 0.396 e. The van der Waals surface area contributed by atoms with Gasteiger partial charge in [-0.15, -0.1) is 19.1 Å². The molecule has 0 aromatic carbocycles. The molecule has 0 radical (unpaired) electrons. The van der Waals surface area contributed by atoms with Crippen LogP contribution in [0.3, 0.4) is 0 Å². The molecular weight excluding hydrogens is 345 g/mol. The number of hydrogen-bond donors (Lipinski definition) is 1. The molecule has 0 amide bonds. The van der Waals surface area contributed by atoms with Gasteiger partial charge in [0.05, 0.1) is 0 Å². The maximum Gasteiger partial charge on any atom is 0.575 e. The third-order valence-electron chi connectivity index (χ3n) is 4.58. The van der Waals surface area contributed by atoms with Gasteiger partial charge in [-0.25, -0.2) is 0 Å². The van der Waals surface area contributed by atoms with Crippen LogP contribution in [-0.4, -0.2) is 23.5 Å². The Morgan fingerprint density at radius 2 is 1.42 bits per heavy atom. The summed E-state index contributed by atoms with van der Waals surface area (Å²) in [7, 11) is 0. The van der Waals surface area contributed by atoms with E-state index in [1.807, 2.05) is 0 Å². The molecule has 0 aromatic rings. The topological polar surface area (TPSA) is 46.5 Å². The van der Waals surface area contributed by atoms with Gasteiger partial charge in [-0.2, -0.15) is 0 Å². The number of rotatable bonds is 16. The van der Waals surface area contributed by atoms with Gasteiger partial charge in [0.15, 0.2) is 0 Å². The molecule has 0 fully saturated rings. The molecule has 6 heteroatoms. The molecule has 0 aliphatic carbocycles. The van der Waals surface area contributed by atoms with Crippen molar-refractivity contribution in [2.75, 3.05) is 0 Å². The zero-order valence-electron chi connectivity index (χ0n) is 16.2. The normalized spacial score (nSPS) is 14.2. The van der Waals surface area contributed by atoms with E-state index in [1.165, 1.54) is 32.1 Å². The average molecular weight is 381 g/mol. The number of carbonyl (C=O) groups is 1. The van der Waals surface area contributed by atoms with Gasteiger partial charge < -0.3 is 16.8 Å². The van der Waals surface area contributed by atoms with Crippen molar-refractivity contribution < 1.29 is 27.8 Å². The van der Waals surface area contributed by atoms with Gasteiger partial charge in [-0.05, 0) is 12.8 Å². The summed E-state index contributed by atoms with van der Waals surface area (Å²) in [6.45, 7) is 6.25. The summed E-state index contributed by atoms with van der Waals surface area (Å²) in [4.78, 5) is 10.9. The van der Waals surface area contributed by atoms with Crippen LogP contribution in [0.2, 0.25) is 0 Å². The largest absolute Gasteiger partial charge is 0.575 e. The minimum absolute atomic E-state index is 0.0679. The molecule has 0 aliphatic rings. The second-order valence-corrected chi connectivity index (χ2v) is 7.11. The molecule has 0 spiro atoms. The maximum atomic E-state index is 11.8. The highest BCUT2D eigenvalue weighted by atomic mass is 19.4. The minimum Gasteiger partial charge on any atom is -0.396 e. The van der Waals surface area contributed by atoms with Crippen molar-refractivity contribution >= 4 is 5.97 Å². The second-order valence-electron chi connectivity index (χ2n) is 7.11. The number of hydrogen-bond acceptors (Lipinski definition) is 3. The van der Waals surface area contributed by atoms with Crippen LogP contribution in [0.25, 0.3) is 0 Å². The van der Waals surface area contributed by atoms with Crippen LogP contribution < -0.4 is 0 Å². The van der Waals surface area contributed by atoms with Crippen LogP contribution in [0.4, 0.5) is 13.2 Å². The van der Waals surface area contributed by atoms with Crippen LogP contribution in [-0.2, 0) is 9.53 Å². The summed E-state index contributed by atoms with van der Waals surface area (Å²) in [5, 5.41) is 10.1. The highest BCUT2D eigenvalue weighted by Crippen LogP contribution is 2.20. The van der Waals surface area contributed by atoms with E-state index >= 15 is 0 Å². The summed E-state index contributed by atoms with van der Waals surface area (Å²) in [5.74, 6) is -1.15. The highest BCUT2D eigenvalue weighted by molar-refractivity contribution is 5.69. The summed E-state index contributed by atoms with van der Waals surface area (Å²) < 4.78 is 38.7. The third-order valence-corrected chi connectivity index (χ3v) is 4.58. The van der Waals surface area contributed by atoms with Gasteiger partial charge in [0.25, 0.3) is 0 Å². The monoisotopic (exact) mass is 381 g/mol. The Hall–Kier alpha value is -0.780. The molecule has 3 nitrogen and oxygen atoms in total. The van der Waals surface area contributed by atoms with Crippen molar-refractivity contribution in [3.63, 3.8) is 0 Å². The fourth-order valence-corrected chi connectivity index (χ4v) is 2.95. The Kier molecular flexibility index (Phi) is 14.8. The van der Waals surface area contributed by atoms with Crippen LogP contribution in [0.5, 0.6) is 0 Å². The zero-order chi connectivity index (χ0) is 19.8. The van der Waals surface area contributed by atoms with Crippen molar-refractivity contribution in [2.45, 2.75) is 109 Å². The molecule has 0 saturated heterocycles. The second kappa shape index (κ2) is 15.3. The number of unbranched alkanes of at least 4 members (excludes halogenated alkanes) is 9. The predicted molar refractivity (Wildman–Crippen MR) is 97.3 cm³/mol. The summed E-state index contributed by atoms with van der Waals surface area (Å²) in [6, 6.07) is 0. The molecule has 0 aromatic heterocycles. The maximum absolute atomic E-state index is 11.8. The number of alkyl halides is 3. The Labute approximate surface area is 156 Å². The first kappa shape index (κ1) is 25.2. The fraction of sp³-hybridized carbons (Fsp3) is 0.900. The number of esters is 1. The SMILES string of the molecule is [CH2-]C(CCCCCCCC)C(O)CCCCCCCC(=O)OC(F)(F)F. The quantitative estimate of drug-likeness (QED) is 0.193. The molecule has 0 heterocycles. The first-order valence-corrected chi connectivity index (χ1v) is 10.1. The van der Waals surface area contributed by atoms with Crippen molar-refractivity contribution in [3.05, 3.63) is 6.92 Å². The first-order valence-electron chi connectivity index (χ1n) is 10.1. The molecule has 2 atom stereocenters. The Morgan fingerprint density at radius 1 is 0.923 bits per heavy atom. The van der Waals surface area contributed by atoms with E-state index in [2.05, 4.69) is 18.6 Å². The molecule has 0 rings (SSSR count). The number of aliphatic hydroxyl groups excluding tert-OH is 1. The van der Waals surface area contributed by atoms with Crippen molar-refractivity contribution in [3.8, 4) is 0 Å². The lowest BCUT2D eigenvalue weighted by Crippen LogP contribution is -2.19. The molecule has 0 saturated carbocycles. The third kappa shape index (κ3) is 16.7. The van der Waals surface area contributed by atoms with Crippen molar-refractivity contribution in [1.29, 1.82) is 0 Å². The van der Waals surface area contributed by atoms with E-state index < -0.39 is 12.3 Å². The summed E-state index contributed by atoms with van der Waals surface area (Å²) in [6.07, 6.45) is 7.28. The molecule has 26 heavy (non-hydrogen) atoms. The van der Waals surface area contributed by atoms with E-state index in [0.717, 1.165) is 32.1 Å². The van der Waals surface area contributed by atoms with E-state index in [1.54, 1.807) is 0 Å². The van der Waals surface area contributed by atoms with E-state index in [9.17, 15) is 23.1 Å². The zero-order valence-corrected chi connectivity index (χ0v) is 16.2. The lowest BCUT2D eigenvalue weighted by molar-refractivity contribution is -0.305. The van der Waals surface area contributed by atoms with Crippen LogP contribution >= 0.6 is 0 Å². The van der Waals surface area contributed by atoms with Crippen LogP contribution in [0.1, 0.15) is 96.8 Å². The van der Waals surface area contributed by atoms with Gasteiger partial charge in [-0.1, -0.05) is 77.6 Å². The van der Waals surface area contributed by atoms with Gasteiger partial charge in [-0.3, -0.25) is 4.79 Å². The Morgan fingerprint density at radius 3 is 2.00 bits per heavy atom. The van der Waals surface area contributed by atoms with Crippen molar-refractivity contribution in [2.24, 2.45) is 5.92 Å². The molecule has 156 valence electrons. The summed E-state index contributed by atoms with van der Waals surface area (Å²) >= 11 is 0. The average Bonchev–Trinajstić information content (AvgIpc) is 2.55. The van der Waals surface area contributed by atoms with Gasteiger partial charge in [0.2, 0.25) is 0 Å². The van der Waals surface area contributed by atoms with Gasteiger partial charge in [0.1, 0.15) is 0 Å². The summed E-state index contributed by atoms with van der Waals surface area (Å²) in [5.41, 5.74) is 0. The Bertz CT molecular complexity index is 346. The van der Waals surface area contributed by atoms with Crippen LogP contribution in [0.15, 0.2) is 0 Å². The number of carbonyl (C=O) groups excluding carboxylic acids is 1. The van der Waals surface area contributed by atoms with Crippen LogP contribution in [0, 0.1) is 12.8 Å². The molecular formula is C20H36F3O3-. The molecule has 0 aliphatic heterocycles. The number of ether oxygens (including phenoxy) is 1. The highest BCUT2D eigenvalue weighted by Gasteiger charge is 2.33. The molecule has 2 unspecified atom stereocenters. The lowest BCUT2D eigenvalue weighted by atomic mass is 9.93. The fourth-order valence-electron chi connectivity index (χ4n) is 2.95. The predicted octanol–water partition coefficient (Wildman–Crippen LogP) is 6.34. The standard InChI is InChI=1S/C20H36F3O3/c1-3-4-5-6-8-11-14-17(2)18(24)15-12-9-7-10-13-16-19(25)26-20(21,22)23/h17-18,24H,2-16H2,1H3/q-1. The lowest BCUT2D eigenvalue weighted by Gasteiger charge is -2.24. The first-order chi connectivity index (χ1) is 12.3. The number of halogens is 3.